The van der Waals surface area contributed by atoms with Crippen LogP contribution in [0.5, 0.6) is 0 Å². The van der Waals surface area contributed by atoms with Crippen molar-refractivity contribution in [1.29, 1.82) is 0 Å². The molecule has 0 atom stereocenters. The summed E-state index contributed by atoms with van der Waals surface area (Å²) in [7, 11) is 0. The first-order chi connectivity index (χ1) is 10.1. The van der Waals surface area contributed by atoms with E-state index in [0.29, 0.717) is 5.92 Å². The van der Waals surface area contributed by atoms with E-state index in [9.17, 15) is 0 Å². The molecule has 4 nitrogen and oxygen atoms in total. The van der Waals surface area contributed by atoms with Crippen molar-refractivity contribution in [2.75, 3.05) is 11.9 Å². The topological polar surface area (TPSA) is 50.7 Å². The number of pyridine rings is 1. The standard InChI is InChI=1S/C15H19BrN4S/c1-4-7-17-12-8-14(20-15(19-12)10(2)3)21-13-6-5-11(16)9-18-13/h5-6,8-10H,4,7H2,1-3H3,(H,17,19,20). The highest BCUT2D eigenvalue weighted by molar-refractivity contribution is 9.10. The quantitative estimate of drug-likeness (QED) is 0.748. The molecule has 2 rings (SSSR count). The molecular formula is C15H19BrN4S. The summed E-state index contributed by atoms with van der Waals surface area (Å²) >= 11 is 4.95. The first-order valence-electron chi connectivity index (χ1n) is 7.00. The van der Waals surface area contributed by atoms with Gasteiger partial charge in [0.1, 0.15) is 21.7 Å². The Balaban J connectivity index is 2.24. The number of anilines is 1. The SMILES string of the molecule is CCCNc1cc(Sc2ccc(Br)cn2)nc(C(C)C)n1. The molecular weight excluding hydrogens is 348 g/mol. The van der Waals surface area contributed by atoms with Gasteiger partial charge in [0.05, 0.1) is 0 Å². The fourth-order valence-corrected chi connectivity index (χ4v) is 2.63. The third kappa shape index (κ3) is 4.97. The lowest BCUT2D eigenvalue weighted by Gasteiger charge is -2.11. The molecule has 0 aliphatic carbocycles. The Bertz CT molecular complexity index is 587. The minimum atomic E-state index is 0.297. The molecule has 21 heavy (non-hydrogen) atoms. The minimum absolute atomic E-state index is 0.297. The number of halogens is 1. The van der Waals surface area contributed by atoms with E-state index in [1.165, 1.54) is 0 Å². The van der Waals surface area contributed by atoms with E-state index < -0.39 is 0 Å². The summed E-state index contributed by atoms with van der Waals surface area (Å²) in [6.07, 6.45) is 2.86. The van der Waals surface area contributed by atoms with Gasteiger partial charge in [-0.2, -0.15) is 0 Å². The summed E-state index contributed by atoms with van der Waals surface area (Å²) in [4.78, 5) is 13.6. The van der Waals surface area contributed by atoms with E-state index in [0.717, 1.165) is 39.1 Å². The summed E-state index contributed by atoms with van der Waals surface area (Å²) in [5.41, 5.74) is 0. The van der Waals surface area contributed by atoms with Gasteiger partial charge in [-0.25, -0.2) is 15.0 Å². The van der Waals surface area contributed by atoms with Gasteiger partial charge in [-0.15, -0.1) is 0 Å². The normalized spacial score (nSPS) is 10.9. The average Bonchev–Trinajstić information content (AvgIpc) is 2.47. The van der Waals surface area contributed by atoms with Gasteiger partial charge in [-0.3, -0.25) is 0 Å². The van der Waals surface area contributed by atoms with Gasteiger partial charge in [0.25, 0.3) is 0 Å². The number of nitrogens with zero attached hydrogens (tertiary/aromatic N) is 3. The molecule has 0 saturated carbocycles. The first kappa shape index (κ1) is 16.2. The van der Waals surface area contributed by atoms with Crippen LogP contribution in [-0.2, 0) is 0 Å². The molecule has 0 bridgehead atoms. The van der Waals surface area contributed by atoms with Crippen LogP contribution >= 0.6 is 27.7 Å². The fourth-order valence-electron chi connectivity index (χ4n) is 1.63. The molecule has 0 unspecified atom stereocenters. The van der Waals surface area contributed by atoms with E-state index >= 15 is 0 Å². The number of rotatable bonds is 6. The van der Waals surface area contributed by atoms with Gasteiger partial charge in [-0.1, -0.05) is 20.8 Å². The lowest BCUT2D eigenvalue weighted by atomic mass is 10.2. The van der Waals surface area contributed by atoms with E-state index in [4.69, 9.17) is 0 Å². The third-order valence-electron chi connectivity index (χ3n) is 2.70. The monoisotopic (exact) mass is 366 g/mol. The fraction of sp³-hybridized carbons (Fsp3) is 0.400. The predicted molar refractivity (Wildman–Crippen MR) is 91.0 cm³/mol. The van der Waals surface area contributed by atoms with Crippen LogP contribution in [0.1, 0.15) is 38.9 Å². The maximum Gasteiger partial charge on any atom is 0.134 e. The smallest absolute Gasteiger partial charge is 0.134 e. The van der Waals surface area contributed by atoms with Crippen LogP contribution in [0.3, 0.4) is 0 Å². The minimum Gasteiger partial charge on any atom is -0.370 e. The van der Waals surface area contributed by atoms with Crippen LogP contribution in [0.15, 0.2) is 38.9 Å². The summed E-state index contributed by atoms with van der Waals surface area (Å²) in [6, 6.07) is 5.94. The second kappa shape index (κ2) is 7.75. The van der Waals surface area contributed by atoms with Crippen molar-refractivity contribution in [3.05, 3.63) is 34.7 Å². The zero-order valence-electron chi connectivity index (χ0n) is 12.4. The summed E-state index contributed by atoms with van der Waals surface area (Å²) in [6.45, 7) is 7.25. The number of aromatic nitrogens is 3. The van der Waals surface area contributed by atoms with Gasteiger partial charge in [0.2, 0.25) is 0 Å². The highest BCUT2D eigenvalue weighted by Gasteiger charge is 2.09. The predicted octanol–water partition coefficient (Wildman–Crippen LogP) is 4.73. The Kier molecular flexibility index (Phi) is 5.99. The lowest BCUT2D eigenvalue weighted by molar-refractivity contribution is 0.753. The Morgan fingerprint density at radius 1 is 1.24 bits per heavy atom. The molecule has 0 radical (unpaired) electrons. The van der Waals surface area contributed by atoms with Crippen molar-refractivity contribution in [1.82, 2.24) is 15.0 Å². The van der Waals surface area contributed by atoms with E-state index in [1.54, 1.807) is 18.0 Å². The molecule has 2 aromatic heterocycles. The summed E-state index contributed by atoms with van der Waals surface area (Å²) in [5.74, 6) is 2.04. The first-order valence-corrected chi connectivity index (χ1v) is 8.61. The Hall–Kier alpha value is -1.14. The molecule has 0 fully saturated rings. The average molecular weight is 367 g/mol. The Morgan fingerprint density at radius 3 is 2.67 bits per heavy atom. The van der Waals surface area contributed by atoms with Crippen LogP contribution in [0.2, 0.25) is 0 Å². The van der Waals surface area contributed by atoms with Crippen LogP contribution in [0, 0.1) is 0 Å². The summed E-state index contributed by atoms with van der Waals surface area (Å²) < 4.78 is 0.975. The molecule has 0 spiro atoms. The highest BCUT2D eigenvalue weighted by Crippen LogP contribution is 2.27. The van der Waals surface area contributed by atoms with Crippen molar-refractivity contribution in [2.45, 2.75) is 43.2 Å². The van der Waals surface area contributed by atoms with Crippen molar-refractivity contribution in [2.24, 2.45) is 0 Å². The maximum atomic E-state index is 4.62. The van der Waals surface area contributed by atoms with Crippen LogP contribution < -0.4 is 5.32 Å². The number of hydrogen-bond acceptors (Lipinski definition) is 5. The maximum absolute atomic E-state index is 4.62. The van der Waals surface area contributed by atoms with E-state index in [1.807, 2.05) is 18.2 Å². The van der Waals surface area contributed by atoms with E-state index in [-0.39, 0.29) is 0 Å². The number of hydrogen-bond donors (Lipinski definition) is 1. The molecule has 6 heteroatoms. The molecule has 0 aliphatic rings. The molecule has 2 heterocycles. The van der Waals surface area contributed by atoms with Crippen molar-refractivity contribution in [3.8, 4) is 0 Å². The molecule has 2 aromatic rings. The van der Waals surface area contributed by atoms with Crippen molar-refractivity contribution in [3.63, 3.8) is 0 Å². The second-order valence-corrected chi connectivity index (χ2v) is 6.90. The van der Waals surface area contributed by atoms with Crippen LogP contribution in [0.4, 0.5) is 5.82 Å². The largest absolute Gasteiger partial charge is 0.370 e. The highest BCUT2D eigenvalue weighted by atomic mass is 79.9. The summed E-state index contributed by atoms with van der Waals surface area (Å²) in [5, 5.41) is 5.18. The molecule has 1 N–H and O–H groups in total. The third-order valence-corrected chi connectivity index (χ3v) is 4.04. The number of nitrogens with one attached hydrogen (secondary N) is 1. The van der Waals surface area contributed by atoms with Gasteiger partial charge < -0.3 is 5.32 Å². The molecule has 0 amide bonds. The Labute approximate surface area is 138 Å². The zero-order valence-corrected chi connectivity index (χ0v) is 14.8. The van der Waals surface area contributed by atoms with Gasteiger partial charge in [-0.05, 0) is 46.2 Å². The Morgan fingerprint density at radius 2 is 2.05 bits per heavy atom. The molecule has 112 valence electrons. The van der Waals surface area contributed by atoms with Crippen molar-refractivity contribution < 1.29 is 0 Å². The lowest BCUT2D eigenvalue weighted by Crippen LogP contribution is -2.06. The van der Waals surface area contributed by atoms with Gasteiger partial charge in [0, 0.05) is 29.2 Å². The molecule has 0 aromatic carbocycles. The van der Waals surface area contributed by atoms with Crippen molar-refractivity contribution >= 4 is 33.5 Å². The van der Waals surface area contributed by atoms with Crippen LogP contribution in [-0.4, -0.2) is 21.5 Å². The van der Waals surface area contributed by atoms with Gasteiger partial charge >= 0.3 is 0 Å². The van der Waals surface area contributed by atoms with Gasteiger partial charge in [0.15, 0.2) is 0 Å². The van der Waals surface area contributed by atoms with Crippen LogP contribution in [0.25, 0.3) is 0 Å². The molecule has 0 aliphatic heterocycles. The second-order valence-electron chi connectivity index (χ2n) is 4.95. The molecule has 0 saturated heterocycles. The van der Waals surface area contributed by atoms with E-state index in [2.05, 4.69) is 57.0 Å². The zero-order chi connectivity index (χ0) is 15.2.